The first-order valence-electron chi connectivity index (χ1n) is 10.6. The standard InChI is InChI=1S/C18H25N5O3.C2H6.CHN/c19-18-15-3-2-14(23(15)22-11-21-18)16-4-1-13(26-16)10-25-17(24)9-12-5-7-20-8-6-12;2*1-2/h2-3,11-13,16,20H,1,4-10H2,(H2,19,21,22);1-2H3;1H. The van der Waals surface area contributed by atoms with E-state index in [0.29, 0.717) is 24.8 Å². The minimum Gasteiger partial charge on any atom is -0.463 e. The normalized spacial score (nSPS) is 21.2. The van der Waals surface area contributed by atoms with Gasteiger partial charge in [0.05, 0.1) is 11.8 Å². The van der Waals surface area contributed by atoms with Crippen molar-refractivity contribution in [3.63, 3.8) is 0 Å². The topological polar surface area (TPSA) is 128 Å². The number of hydrogen-bond donors (Lipinski definition) is 2. The van der Waals surface area contributed by atoms with E-state index in [-0.39, 0.29) is 18.2 Å². The molecule has 2 unspecified atom stereocenters. The number of nitrogens with two attached hydrogens (primary N) is 1. The molecular weight excluding hydrogens is 384 g/mol. The van der Waals surface area contributed by atoms with E-state index in [1.165, 1.54) is 6.33 Å². The van der Waals surface area contributed by atoms with E-state index < -0.39 is 0 Å². The third-order valence-electron chi connectivity index (χ3n) is 5.29. The van der Waals surface area contributed by atoms with Crippen LogP contribution in [-0.2, 0) is 14.3 Å². The third kappa shape index (κ3) is 5.90. The molecule has 0 amide bonds. The molecule has 9 heteroatoms. The Balaban J connectivity index is 0.000000757. The Labute approximate surface area is 177 Å². The zero-order chi connectivity index (χ0) is 21.9. The quantitative estimate of drug-likeness (QED) is 0.712. The van der Waals surface area contributed by atoms with Gasteiger partial charge >= 0.3 is 5.97 Å². The number of nitrogen functional groups attached to an aromatic ring is 1. The number of ether oxygens (including phenoxy) is 2. The van der Waals surface area contributed by atoms with Crippen molar-refractivity contribution >= 4 is 17.3 Å². The Hall–Kier alpha value is -2.70. The van der Waals surface area contributed by atoms with Crippen LogP contribution in [0.4, 0.5) is 5.82 Å². The Bertz CT molecular complexity index is 815. The zero-order valence-electron chi connectivity index (χ0n) is 17.8. The number of carbonyl (C=O) groups excluding carboxylic acids is 1. The molecule has 2 atom stereocenters. The minimum absolute atomic E-state index is 0.0679. The molecule has 0 spiro atoms. The molecule has 0 radical (unpaired) electrons. The molecule has 0 aromatic carbocycles. The molecule has 9 nitrogen and oxygen atoms in total. The number of esters is 1. The maximum absolute atomic E-state index is 12.1. The van der Waals surface area contributed by atoms with Crippen LogP contribution in [-0.4, -0.2) is 46.4 Å². The van der Waals surface area contributed by atoms with Crippen molar-refractivity contribution in [3.05, 3.63) is 24.2 Å². The predicted octanol–water partition coefficient (Wildman–Crippen LogP) is 2.63. The molecule has 2 fully saturated rings. The summed E-state index contributed by atoms with van der Waals surface area (Å²) in [4.78, 5) is 16.1. The van der Waals surface area contributed by atoms with Gasteiger partial charge in [-0.3, -0.25) is 4.79 Å². The predicted molar refractivity (Wildman–Crippen MR) is 113 cm³/mol. The van der Waals surface area contributed by atoms with Crippen molar-refractivity contribution in [2.24, 2.45) is 5.92 Å². The summed E-state index contributed by atoms with van der Waals surface area (Å²) < 4.78 is 13.3. The van der Waals surface area contributed by atoms with Crippen LogP contribution in [0.1, 0.15) is 57.7 Å². The summed E-state index contributed by atoms with van der Waals surface area (Å²) >= 11 is 0. The second kappa shape index (κ2) is 12.1. The first kappa shape index (κ1) is 23.6. The number of piperidine rings is 1. The fourth-order valence-corrected chi connectivity index (χ4v) is 3.83. The second-order valence-electron chi connectivity index (χ2n) is 7.11. The lowest BCUT2D eigenvalue weighted by Gasteiger charge is -2.22. The van der Waals surface area contributed by atoms with E-state index >= 15 is 0 Å². The average molecular weight is 417 g/mol. The molecule has 2 saturated heterocycles. The summed E-state index contributed by atoms with van der Waals surface area (Å²) in [5.74, 6) is 0.781. The second-order valence-corrected chi connectivity index (χ2v) is 7.11. The summed E-state index contributed by atoms with van der Waals surface area (Å²) in [6.07, 6.45) is 5.64. The highest BCUT2D eigenvalue weighted by Gasteiger charge is 2.30. The number of anilines is 1. The van der Waals surface area contributed by atoms with Gasteiger partial charge in [-0.1, -0.05) is 13.8 Å². The van der Waals surface area contributed by atoms with Gasteiger partial charge in [0.2, 0.25) is 0 Å². The number of carbonyl (C=O) groups is 1. The van der Waals surface area contributed by atoms with Crippen LogP contribution in [0.25, 0.3) is 5.52 Å². The van der Waals surface area contributed by atoms with Crippen molar-refractivity contribution in [3.8, 4) is 6.57 Å². The van der Waals surface area contributed by atoms with Crippen LogP contribution in [0.5, 0.6) is 0 Å². The van der Waals surface area contributed by atoms with Gasteiger partial charge < -0.3 is 20.5 Å². The fourth-order valence-electron chi connectivity index (χ4n) is 3.83. The van der Waals surface area contributed by atoms with E-state index in [9.17, 15) is 4.79 Å². The smallest absolute Gasteiger partial charge is 0.306 e. The van der Waals surface area contributed by atoms with E-state index in [1.54, 1.807) is 4.52 Å². The highest BCUT2D eigenvalue weighted by Crippen LogP contribution is 2.34. The first-order chi connectivity index (χ1) is 14.7. The van der Waals surface area contributed by atoms with Crippen molar-refractivity contribution in [2.75, 3.05) is 25.4 Å². The molecule has 4 heterocycles. The van der Waals surface area contributed by atoms with Crippen LogP contribution < -0.4 is 11.1 Å². The van der Waals surface area contributed by atoms with Crippen LogP contribution in [0, 0.1) is 17.8 Å². The lowest BCUT2D eigenvalue weighted by molar-refractivity contribution is -0.149. The van der Waals surface area contributed by atoms with Crippen LogP contribution >= 0.6 is 0 Å². The lowest BCUT2D eigenvalue weighted by atomic mass is 9.95. The van der Waals surface area contributed by atoms with Crippen LogP contribution in [0.2, 0.25) is 0 Å². The first-order valence-corrected chi connectivity index (χ1v) is 10.6. The van der Waals surface area contributed by atoms with Gasteiger partial charge in [0.25, 0.3) is 0 Å². The zero-order valence-corrected chi connectivity index (χ0v) is 17.8. The molecule has 3 N–H and O–H groups in total. The fraction of sp³-hybridized carbons (Fsp3) is 0.619. The maximum atomic E-state index is 12.1. The van der Waals surface area contributed by atoms with Crippen molar-refractivity contribution in [2.45, 2.75) is 58.2 Å². The molecule has 2 aliphatic heterocycles. The molecular formula is C21H32N6O3. The van der Waals surface area contributed by atoms with Gasteiger partial charge in [-0.2, -0.15) is 5.10 Å². The highest BCUT2D eigenvalue weighted by molar-refractivity contribution is 5.69. The van der Waals surface area contributed by atoms with E-state index in [1.807, 2.05) is 26.0 Å². The highest BCUT2D eigenvalue weighted by atomic mass is 16.6. The number of rotatable bonds is 5. The monoisotopic (exact) mass is 416 g/mol. The third-order valence-corrected chi connectivity index (χ3v) is 5.29. The summed E-state index contributed by atoms with van der Waals surface area (Å²) in [6, 6.07) is 3.87. The molecule has 4 rings (SSSR count). The van der Waals surface area contributed by atoms with Gasteiger partial charge in [0.15, 0.2) is 5.82 Å². The number of nitriles is 1. The van der Waals surface area contributed by atoms with E-state index in [2.05, 4.69) is 22.0 Å². The SMILES string of the molecule is C#N.CC.Nc1ncnn2c(C3CCC(COC(=O)CC4CCNCC4)O3)ccc12. The molecule has 2 aromatic heterocycles. The van der Waals surface area contributed by atoms with Crippen LogP contribution in [0.15, 0.2) is 18.5 Å². The Morgan fingerprint density at radius 1 is 1.30 bits per heavy atom. The molecule has 0 bridgehead atoms. The minimum atomic E-state index is -0.113. The van der Waals surface area contributed by atoms with Crippen molar-refractivity contribution < 1.29 is 14.3 Å². The molecule has 0 saturated carbocycles. The Morgan fingerprint density at radius 2 is 2.03 bits per heavy atom. The molecule has 30 heavy (non-hydrogen) atoms. The summed E-state index contributed by atoms with van der Waals surface area (Å²) in [7, 11) is 0. The number of nitrogens with one attached hydrogen (secondary N) is 1. The summed E-state index contributed by atoms with van der Waals surface area (Å²) in [5.41, 5.74) is 7.62. The van der Waals surface area contributed by atoms with E-state index in [4.69, 9.17) is 20.5 Å². The molecule has 2 aliphatic rings. The van der Waals surface area contributed by atoms with E-state index in [0.717, 1.165) is 50.0 Å². The van der Waals surface area contributed by atoms with Gasteiger partial charge in [-0.25, -0.2) is 14.8 Å². The van der Waals surface area contributed by atoms with Gasteiger partial charge in [-0.15, -0.1) is 0 Å². The molecule has 0 aliphatic carbocycles. The number of hydrogen-bond acceptors (Lipinski definition) is 8. The van der Waals surface area contributed by atoms with Crippen molar-refractivity contribution in [1.82, 2.24) is 19.9 Å². The summed E-state index contributed by atoms with van der Waals surface area (Å²) in [6.45, 7) is 9.80. The van der Waals surface area contributed by atoms with Gasteiger partial charge in [0.1, 0.15) is 24.6 Å². The van der Waals surface area contributed by atoms with Crippen molar-refractivity contribution in [1.29, 1.82) is 5.26 Å². The maximum Gasteiger partial charge on any atom is 0.306 e. The van der Waals surface area contributed by atoms with Gasteiger partial charge in [0, 0.05) is 13.0 Å². The summed E-state index contributed by atoms with van der Waals surface area (Å²) in [5, 5.41) is 14.1. The Kier molecular flexibility index (Phi) is 9.51. The largest absolute Gasteiger partial charge is 0.463 e. The Morgan fingerprint density at radius 3 is 2.77 bits per heavy atom. The van der Waals surface area contributed by atoms with Gasteiger partial charge in [-0.05, 0) is 56.8 Å². The molecule has 2 aromatic rings. The number of aromatic nitrogens is 3. The number of fused-ring (bicyclic) bond motifs is 1. The number of nitrogens with zero attached hydrogens (tertiary/aromatic N) is 4. The van der Waals surface area contributed by atoms with Crippen LogP contribution in [0.3, 0.4) is 0 Å². The average Bonchev–Trinajstić information content (AvgIpc) is 3.43. The molecule has 164 valence electrons. The lowest BCUT2D eigenvalue weighted by Crippen LogP contribution is -2.29.